The first-order chi connectivity index (χ1) is 9.97. The predicted molar refractivity (Wildman–Crippen MR) is 79.1 cm³/mol. The van der Waals surface area contributed by atoms with Gasteiger partial charge in [-0.25, -0.2) is 0 Å². The van der Waals surface area contributed by atoms with Crippen LogP contribution >= 0.6 is 0 Å². The minimum atomic E-state index is -0.961. The second kappa shape index (κ2) is 6.82. The fourth-order valence-electron chi connectivity index (χ4n) is 2.22. The van der Waals surface area contributed by atoms with Gasteiger partial charge in [0, 0.05) is 34.9 Å². The van der Waals surface area contributed by atoms with Crippen LogP contribution in [0, 0.1) is 0 Å². The third-order valence-corrected chi connectivity index (χ3v) is 3.95. The lowest BCUT2D eigenvalue weighted by molar-refractivity contribution is -0.133. The van der Waals surface area contributed by atoms with Crippen molar-refractivity contribution in [3.8, 4) is 0 Å². The molecule has 1 saturated heterocycles. The van der Waals surface area contributed by atoms with E-state index < -0.39 is 22.8 Å². The number of benzene rings is 1. The van der Waals surface area contributed by atoms with Crippen LogP contribution in [0.1, 0.15) is 15.9 Å². The van der Waals surface area contributed by atoms with Crippen molar-refractivity contribution < 1.29 is 18.5 Å². The molecule has 2 rings (SSSR count). The largest absolute Gasteiger partial charge is 0.367 e. The average Bonchev–Trinajstić information content (AvgIpc) is 2.46. The van der Waals surface area contributed by atoms with Crippen LogP contribution < -0.4 is 5.73 Å². The molecule has 2 N–H and O–H groups in total. The minimum absolute atomic E-state index is 0.165. The van der Waals surface area contributed by atoms with E-state index in [1.807, 2.05) is 6.07 Å². The number of carbonyl (C=O) groups is 2. The summed E-state index contributed by atoms with van der Waals surface area (Å²) in [6.07, 6.45) is 0.863. The molecule has 2 amide bonds. The maximum atomic E-state index is 12.4. The Kier molecular flexibility index (Phi) is 5.08. The Balaban J connectivity index is 2.12. The van der Waals surface area contributed by atoms with Gasteiger partial charge >= 0.3 is 0 Å². The topological polar surface area (TPSA) is 89.7 Å². The second-order valence-corrected chi connectivity index (χ2v) is 6.37. The fourth-order valence-corrected chi connectivity index (χ4v) is 2.87. The van der Waals surface area contributed by atoms with Crippen molar-refractivity contribution in [2.45, 2.75) is 11.9 Å². The number of primary amides is 1. The molecule has 1 aliphatic heterocycles. The summed E-state index contributed by atoms with van der Waals surface area (Å²) < 4.78 is 16.5. The van der Waals surface area contributed by atoms with Gasteiger partial charge in [0.2, 0.25) is 5.91 Å². The smallest absolute Gasteiger partial charge is 0.254 e. The monoisotopic (exact) mass is 310 g/mol. The molecule has 2 atom stereocenters. The average molecular weight is 310 g/mol. The highest BCUT2D eigenvalue weighted by Gasteiger charge is 2.28. The molecule has 1 heterocycles. The maximum Gasteiger partial charge on any atom is 0.254 e. The van der Waals surface area contributed by atoms with Gasteiger partial charge in [-0.15, -0.1) is 0 Å². The van der Waals surface area contributed by atoms with Gasteiger partial charge in [0.25, 0.3) is 5.91 Å². The van der Waals surface area contributed by atoms with Crippen molar-refractivity contribution in [1.82, 2.24) is 4.90 Å². The number of morpholine rings is 1. The number of rotatable bonds is 4. The van der Waals surface area contributed by atoms with Crippen molar-refractivity contribution in [2.24, 2.45) is 5.73 Å². The molecule has 1 fully saturated rings. The first-order valence-electron chi connectivity index (χ1n) is 6.56. The quantitative estimate of drug-likeness (QED) is 0.840. The van der Waals surface area contributed by atoms with E-state index in [0.717, 1.165) is 5.56 Å². The van der Waals surface area contributed by atoms with Crippen LogP contribution in [-0.4, -0.2) is 53.0 Å². The van der Waals surface area contributed by atoms with Gasteiger partial charge in [0.1, 0.15) is 0 Å². The zero-order valence-corrected chi connectivity index (χ0v) is 12.6. The Morgan fingerprint density at radius 3 is 2.90 bits per heavy atom. The number of hydrogen-bond acceptors (Lipinski definition) is 4. The van der Waals surface area contributed by atoms with E-state index in [9.17, 15) is 13.8 Å². The highest BCUT2D eigenvalue weighted by molar-refractivity contribution is 7.83. The Morgan fingerprint density at radius 2 is 2.24 bits per heavy atom. The molecule has 114 valence electrons. The number of nitrogens with two attached hydrogens (primary N) is 1. The Hall–Kier alpha value is -1.73. The van der Waals surface area contributed by atoms with E-state index in [-0.39, 0.29) is 19.1 Å². The number of hydrogen-bond donors (Lipinski definition) is 1. The molecule has 1 aromatic carbocycles. The summed E-state index contributed by atoms with van der Waals surface area (Å²) in [6, 6.07) is 7.04. The number of nitrogens with zero attached hydrogens (tertiary/aromatic N) is 1. The number of carbonyl (C=O) groups excluding carboxylic acids is 2. The molecule has 0 unspecified atom stereocenters. The van der Waals surface area contributed by atoms with Crippen molar-refractivity contribution in [3.63, 3.8) is 0 Å². The van der Waals surface area contributed by atoms with E-state index in [1.54, 1.807) is 29.4 Å². The molecule has 1 aliphatic rings. The lowest BCUT2D eigenvalue weighted by Crippen LogP contribution is -2.50. The summed E-state index contributed by atoms with van der Waals surface area (Å²) in [5, 5.41) is 0. The van der Waals surface area contributed by atoms with Gasteiger partial charge in [-0.1, -0.05) is 12.1 Å². The fraction of sp³-hybridized carbons (Fsp3) is 0.429. The van der Waals surface area contributed by atoms with Crippen LogP contribution in [-0.2, 0) is 26.1 Å². The van der Waals surface area contributed by atoms with Crippen molar-refractivity contribution in [3.05, 3.63) is 35.4 Å². The van der Waals surface area contributed by atoms with Crippen molar-refractivity contribution >= 4 is 22.6 Å². The second-order valence-electron chi connectivity index (χ2n) is 4.93. The van der Waals surface area contributed by atoms with E-state index in [4.69, 9.17) is 10.5 Å². The third kappa shape index (κ3) is 4.12. The van der Waals surface area contributed by atoms with Gasteiger partial charge in [-0.3, -0.25) is 13.8 Å². The molecule has 7 heteroatoms. The Morgan fingerprint density at radius 1 is 1.48 bits per heavy atom. The van der Waals surface area contributed by atoms with Gasteiger partial charge < -0.3 is 15.4 Å². The summed E-state index contributed by atoms with van der Waals surface area (Å²) in [5.74, 6) is -0.329. The molecule has 0 spiro atoms. The van der Waals surface area contributed by atoms with Gasteiger partial charge in [-0.05, 0) is 17.7 Å². The summed E-state index contributed by atoms with van der Waals surface area (Å²) in [7, 11) is -0.961. The SMILES string of the molecule is C[S@@](=O)Cc1cccc(C(=O)N2CCO[C@@H](C(N)=O)C2)c1. The molecule has 0 bridgehead atoms. The van der Waals surface area contributed by atoms with Crippen LogP contribution in [0.5, 0.6) is 0 Å². The van der Waals surface area contributed by atoms with Crippen LogP contribution in [0.25, 0.3) is 0 Å². The zero-order valence-electron chi connectivity index (χ0n) is 11.8. The summed E-state index contributed by atoms with van der Waals surface area (Å²) in [4.78, 5) is 25.2. The van der Waals surface area contributed by atoms with Crippen LogP contribution in [0.15, 0.2) is 24.3 Å². The van der Waals surface area contributed by atoms with E-state index in [1.165, 1.54) is 0 Å². The van der Waals surface area contributed by atoms with E-state index >= 15 is 0 Å². The number of amides is 2. The molecule has 6 nitrogen and oxygen atoms in total. The molecule has 0 aromatic heterocycles. The van der Waals surface area contributed by atoms with E-state index in [0.29, 0.717) is 17.9 Å². The standard InChI is InChI=1S/C14H18N2O4S/c1-21(19)9-10-3-2-4-11(7-10)14(18)16-5-6-20-12(8-16)13(15)17/h2-4,7,12H,5-6,8-9H2,1H3,(H2,15,17)/t12-,21-/m1/s1. The van der Waals surface area contributed by atoms with Gasteiger partial charge in [0.05, 0.1) is 13.2 Å². The highest BCUT2D eigenvalue weighted by atomic mass is 32.2. The lowest BCUT2D eigenvalue weighted by atomic mass is 10.1. The molecule has 0 aliphatic carbocycles. The molecule has 1 aromatic rings. The van der Waals surface area contributed by atoms with Crippen LogP contribution in [0.4, 0.5) is 0 Å². The molecular weight excluding hydrogens is 292 g/mol. The summed E-state index contributed by atoms with van der Waals surface area (Å²) in [6.45, 7) is 0.878. The molecular formula is C14H18N2O4S. The first kappa shape index (κ1) is 15.7. The highest BCUT2D eigenvalue weighted by Crippen LogP contribution is 2.13. The van der Waals surface area contributed by atoms with Crippen LogP contribution in [0.3, 0.4) is 0 Å². The zero-order chi connectivity index (χ0) is 15.4. The maximum absolute atomic E-state index is 12.4. The lowest BCUT2D eigenvalue weighted by Gasteiger charge is -2.31. The summed E-state index contributed by atoms with van der Waals surface area (Å²) >= 11 is 0. The third-order valence-electron chi connectivity index (χ3n) is 3.21. The summed E-state index contributed by atoms with van der Waals surface area (Å²) in [5.41, 5.74) is 6.58. The minimum Gasteiger partial charge on any atom is -0.367 e. The van der Waals surface area contributed by atoms with Gasteiger partial charge in [-0.2, -0.15) is 0 Å². The Bertz CT molecular complexity index is 576. The first-order valence-corrected chi connectivity index (χ1v) is 8.29. The molecule has 0 saturated carbocycles. The molecule has 21 heavy (non-hydrogen) atoms. The van der Waals surface area contributed by atoms with E-state index in [2.05, 4.69) is 0 Å². The predicted octanol–water partition coefficient (Wildman–Crippen LogP) is -0.109. The van der Waals surface area contributed by atoms with Gasteiger partial charge in [0.15, 0.2) is 6.10 Å². The Labute approximate surface area is 125 Å². The van der Waals surface area contributed by atoms with Crippen molar-refractivity contribution in [1.29, 1.82) is 0 Å². The normalized spacial score (nSPS) is 20.0. The molecule has 0 radical (unpaired) electrons. The van der Waals surface area contributed by atoms with Crippen molar-refractivity contribution in [2.75, 3.05) is 26.0 Å². The number of ether oxygens (including phenoxy) is 1. The van der Waals surface area contributed by atoms with Crippen LogP contribution in [0.2, 0.25) is 0 Å².